The summed E-state index contributed by atoms with van der Waals surface area (Å²) in [5.41, 5.74) is 2.10. The van der Waals surface area contributed by atoms with Gasteiger partial charge in [0.2, 0.25) is 0 Å². The molecule has 2 aromatic heterocycles. The second kappa shape index (κ2) is 6.02. The van der Waals surface area contributed by atoms with Crippen LogP contribution in [0, 0.1) is 13.8 Å². The van der Waals surface area contributed by atoms with Crippen LogP contribution in [-0.4, -0.2) is 16.1 Å². The monoisotopic (exact) mass is 277 g/mol. The number of pyridine rings is 1. The molecule has 0 unspecified atom stereocenters. The molecule has 0 fully saturated rings. The molecule has 0 saturated carbocycles. The predicted molar refractivity (Wildman–Crippen MR) is 80.2 cm³/mol. The summed E-state index contributed by atoms with van der Waals surface area (Å²) in [6.07, 6.45) is 2.82. The molecule has 0 bridgehead atoms. The molecule has 2 heterocycles. The maximum atomic E-state index is 11.9. The average Bonchev–Trinajstić information content (AvgIpc) is 2.64. The lowest BCUT2D eigenvalue weighted by atomic mass is 10.2. The van der Waals surface area contributed by atoms with Gasteiger partial charge >= 0.3 is 4.87 Å². The largest absolute Gasteiger partial charge is 0.370 e. The minimum atomic E-state index is 0.0975. The van der Waals surface area contributed by atoms with Crippen molar-refractivity contribution in [3.63, 3.8) is 0 Å². The second-order valence-electron chi connectivity index (χ2n) is 4.53. The molecule has 0 aliphatic rings. The van der Waals surface area contributed by atoms with E-state index in [1.165, 1.54) is 11.3 Å². The van der Waals surface area contributed by atoms with E-state index < -0.39 is 0 Å². The van der Waals surface area contributed by atoms with Crippen LogP contribution in [0.4, 0.5) is 5.82 Å². The molecular formula is C14H19N3OS. The number of hydrogen-bond donors (Lipinski definition) is 1. The second-order valence-corrected chi connectivity index (χ2v) is 5.70. The molecule has 4 nitrogen and oxygen atoms in total. The maximum Gasteiger partial charge on any atom is 0.307 e. The Labute approximate surface area is 117 Å². The van der Waals surface area contributed by atoms with Crippen molar-refractivity contribution in [1.82, 2.24) is 9.55 Å². The topological polar surface area (TPSA) is 46.9 Å². The molecule has 2 aromatic rings. The van der Waals surface area contributed by atoms with E-state index in [1.54, 1.807) is 6.20 Å². The van der Waals surface area contributed by atoms with Gasteiger partial charge in [-0.2, -0.15) is 0 Å². The van der Waals surface area contributed by atoms with Gasteiger partial charge in [0.15, 0.2) is 0 Å². The summed E-state index contributed by atoms with van der Waals surface area (Å²) in [4.78, 5) is 17.5. The normalized spacial score (nSPS) is 10.7. The number of hydrogen-bond acceptors (Lipinski definition) is 4. The van der Waals surface area contributed by atoms with Gasteiger partial charge in [-0.25, -0.2) is 4.98 Å². The number of aryl methyl sites for hydroxylation is 1. The van der Waals surface area contributed by atoms with Crippen molar-refractivity contribution >= 4 is 17.2 Å². The number of thiazole rings is 1. The minimum Gasteiger partial charge on any atom is -0.370 e. The number of nitrogens with zero attached hydrogens (tertiary/aromatic N) is 2. The highest BCUT2D eigenvalue weighted by molar-refractivity contribution is 7.09. The van der Waals surface area contributed by atoms with Gasteiger partial charge in [0.25, 0.3) is 0 Å². The molecule has 5 heteroatoms. The summed E-state index contributed by atoms with van der Waals surface area (Å²) in [7, 11) is 0. The standard InChI is InChI=1S/C14H19N3OS/c1-4-7-15-13-12(6-5-8-16-13)9-17-10(2)11(3)19-14(17)18/h5-6,8H,4,7,9H2,1-3H3,(H,15,16). The SMILES string of the molecule is CCCNc1ncccc1Cn1c(C)c(C)sc1=O. The van der Waals surface area contributed by atoms with E-state index in [0.29, 0.717) is 6.54 Å². The fourth-order valence-electron chi connectivity index (χ4n) is 1.91. The third-order valence-electron chi connectivity index (χ3n) is 3.14. The molecule has 102 valence electrons. The van der Waals surface area contributed by atoms with Crippen LogP contribution in [0.15, 0.2) is 23.1 Å². The first-order valence-corrected chi connectivity index (χ1v) is 7.29. The van der Waals surface area contributed by atoms with Crippen molar-refractivity contribution < 1.29 is 0 Å². The Morgan fingerprint density at radius 2 is 2.21 bits per heavy atom. The quantitative estimate of drug-likeness (QED) is 0.914. The van der Waals surface area contributed by atoms with E-state index in [9.17, 15) is 4.79 Å². The first-order chi connectivity index (χ1) is 9.13. The van der Waals surface area contributed by atoms with Crippen molar-refractivity contribution in [3.8, 4) is 0 Å². The van der Waals surface area contributed by atoms with Crippen LogP contribution in [0.2, 0.25) is 0 Å². The molecule has 0 aliphatic heterocycles. The molecule has 0 radical (unpaired) electrons. The van der Waals surface area contributed by atoms with E-state index >= 15 is 0 Å². The smallest absolute Gasteiger partial charge is 0.307 e. The van der Waals surface area contributed by atoms with Gasteiger partial charge in [-0.1, -0.05) is 24.3 Å². The molecule has 1 N–H and O–H groups in total. The van der Waals surface area contributed by atoms with Gasteiger partial charge in [-0.3, -0.25) is 9.36 Å². The van der Waals surface area contributed by atoms with Crippen molar-refractivity contribution in [1.29, 1.82) is 0 Å². The van der Waals surface area contributed by atoms with Crippen molar-refractivity contribution in [2.24, 2.45) is 0 Å². The third-order valence-corrected chi connectivity index (χ3v) is 4.13. The molecule has 0 aromatic carbocycles. The lowest BCUT2D eigenvalue weighted by Crippen LogP contribution is -2.17. The van der Waals surface area contributed by atoms with Crippen LogP contribution in [0.25, 0.3) is 0 Å². The Morgan fingerprint density at radius 3 is 2.84 bits per heavy atom. The average molecular weight is 277 g/mol. The lowest BCUT2D eigenvalue weighted by Gasteiger charge is -2.11. The highest BCUT2D eigenvalue weighted by Gasteiger charge is 2.10. The van der Waals surface area contributed by atoms with Gasteiger partial charge < -0.3 is 5.32 Å². The lowest BCUT2D eigenvalue weighted by molar-refractivity contribution is 0.748. The van der Waals surface area contributed by atoms with Crippen molar-refractivity contribution in [2.75, 3.05) is 11.9 Å². The zero-order valence-corrected chi connectivity index (χ0v) is 12.4. The number of rotatable bonds is 5. The van der Waals surface area contributed by atoms with E-state index in [2.05, 4.69) is 17.2 Å². The Kier molecular flexibility index (Phi) is 4.37. The summed E-state index contributed by atoms with van der Waals surface area (Å²) >= 11 is 1.31. The van der Waals surface area contributed by atoms with Crippen LogP contribution in [0.1, 0.15) is 29.5 Å². The molecule has 2 rings (SSSR count). The summed E-state index contributed by atoms with van der Waals surface area (Å²) in [5.74, 6) is 0.875. The van der Waals surface area contributed by atoms with Crippen molar-refractivity contribution in [2.45, 2.75) is 33.7 Å². The van der Waals surface area contributed by atoms with E-state index in [0.717, 1.165) is 34.9 Å². The van der Waals surface area contributed by atoms with Gasteiger partial charge in [0.05, 0.1) is 6.54 Å². The number of nitrogens with one attached hydrogen (secondary N) is 1. The van der Waals surface area contributed by atoms with Gasteiger partial charge in [0, 0.05) is 28.9 Å². The number of aromatic nitrogens is 2. The molecule has 0 aliphatic carbocycles. The third kappa shape index (κ3) is 3.04. The Balaban J connectivity index is 2.30. The van der Waals surface area contributed by atoms with Gasteiger partial charge in [-0.15, -0.1) is 0 Å². The zero-order valence-electron chi connectivity index (χ0n) is 11.6. The van der Waals surface area contributed by atoms with E-state index in [-0.39, 0.29) is 4.87 Å². The van der Waals surface area contributed by atoms with E-state index in [1.807, 2.05) is 30.5 Å². The summed E-state index contributed by atoms with van der Waals surface area (Å²) < 4.78 is 1.81. The fraction of sp³-hybridized carbons (Fsp3) is 0.429. The predicted octanol–water partition coefficient (Wildman–Crippen LogP) is 2.79. The Bertz CT molecular complexity index is 615. The van der Waals surface area contributed by atoms with Gasteiger partial charge in [0.1, 0.15) is 5.82 Å². The van der Waals surface area contributed by atoms with Crippen LogP contribution >= 0.6 is 11.3 Å². The highest BCUT2D eigenvalue weighted by atomic mass is 32.1. The fourth-order valence-corrected chi connectivity index (χ4v) is 2.74. The van der Waals surface area contributed by atoms with E-state index in [4.69, 9.17) is 0 Å². The minimum absolute atomic E-state index is 0.0975. The van der Waals surface area contributed by atoms with Crippen molar-refractivity contribution in [3.05, 3.63) is 44.1 Å². The molecule has 0 amide bonds. The summed E-state index contributed by atoms with van der Waals surface area (Å²) in [6, 6.07) is 3.93. The highest BCUT2D eigenvalue weighted by Crippen LogP contribution is 2.16. The van der Waals surface area contributed by atoms with Crippen LogP contribution < -0.4 is 10.2 Å². The molecule has 0 saturated heterocycles. The first kappa shape index (κ1) is 13.8. The molecule has 0 atom stereocenters. The maximum absolute atomic E-state index is 11.9. The molecule has 0 spiro atoms. The Morgan fingerprint density at radius 1 is 1.42 bits per heavy atom. The van der Waals surface area contributed by atoms with Crippen LogP contribution in [0.5, 0.6) is 0 Å². The Hall–Kier alpha value is -1.62. The van der Waals surface area contributed by atoms with Crippen LogP contribution in [0.3, 0.4) is 0 Å². The first-order valence-electron chi connectivity index (χ1n) is 6.48. The zero-order chi connectivity index (χ0) is 13.8. The summed E-state index contributed by atoms with van der Waals surface area (Å²) in [5, 5.41) is 3.31. The number of anilines is 1. The molecule has 19 heavy (non-hydrogen) atoms. The molecular weight excluding hydrogens is 258 g/mol. The summed E-state index contributed by atoms with van der Waals surface area (Å²) in [6.45, 7) is 7.56. The van der Waals surface area contributed by atoms with Gasteiger partial charge in [-0.05, 0) is 26.3 Å². The van der Waals surface area contributed by atoms with Crippen LogP contribution in [-0.2, 0) is 6.54 Å².